The van der Waals surface area contributed by atoms with Crippen molar-refractivity contribution in [2.24, 2.45) is 0 Å². The van der Waals surface area contributed by atoms with E-state index in [2.05, 4.69) is 20.4 Å². The number of anilines is 1. The first-order chi connectivity index (χ1) is 14.0. The molecular formula is C22H21N5OS. The second kappa shape index (κ2) is 8.05. The first-order valence-corrected chi connectivity index (χ1v) is 10.2. The standard InChI is InChI=1S/C22H21N5OS/c1-14-9-11-18(12-10-14)24-20(28)19(17-7-5-4-6-8-17)29-22-25-21-23-15(2)13-16(3)27(21)26-22/h4-13,19H,1-3H3,(H,24,28)/t19-/m0/s1. The van der Waals surface area contributed by atoms with Crippen molar-refractivity contribution in [3.8, 4) is 0 Å². The van der Waals surface area contributed by atoms with Gasteiger partial charge >= 0.3 is 0 Å². The van der Waals surface area contributed by atoms with Crippen LogP contribution in [0.3, 0.4) is 0 Å². The fourth-order valence-electron chi connectivity index (χ4n) is 3.05. The summed E-state index contributed by atoms with van der Waals surface area (Å²) in [5, 5.41) is 7.57. The van der Waals surface area contributed by atoms with E-state index in [1.54, 1.807) is 4.52 Å². The van der Waals surface area contributed by atoms with Crippen LogP contribution in [0.1, 0.15) is 27.8 Å². The highest BCUT2D eigenvalue weighted by Gasteiger charge is 2.24. The zero-order valence-electron chi connectivity index (χ0n) is 16.5. The number of aryl methyl sites for hydroxylation is 3. The van der Waals surface area contributed by atoms with Gasteiger partial charge in [-0.3, -0.25) is 4.79 Å². The molecule has 1 N–H and O–H groups in total. The van der Waals surface area contributed by atoms with Crippen LogP contribution in [0.4, 0.5) is 5.69 Å². The van der Waals surface area contributed by atoms with E-state index >= 15 is 0 Å². The summed E-state index contributed by atoms with van der Waals surface area (Å²) in [6, 6.07) is 19.4. The molecule has 0 aliphatic heterocycles. The first-order valence-electron chi connectivity index (χ1n) is 9.30. The molecule has 0 aliphatic rings. The van der Waals surface area contributed by atoms with E-state index in [-0.39, 0.29) is 5.91 Å². The third-order valence-corrected chi connectivity index (χ3v) is 5.59. The van der Waals surface area contributed by atoms with Crippen molar-refractivity contribution >= 4 is 29.1 Å². The molecule has 4 rings (SSSR count). The van der Waals surface area contributed by atoms with Gasteiger partial charge in [0.2, 0.25) is 11.1 Å². The molecule has 1 atom stereocenters. The zero-order valence-corrected chi connectivity index (χ0v) is 17.3. The summed E-state index contributed by atoms with van der Waals surface area (Å²) >= 11 is 1.32. The van der Waals surface area contributed by atoms with Crippen LogP contribution >= 0.6 is 11.8 Å². The van der Waals surface area contributed by atoms with Crippen LogP contribution in [0.5, 0.6) is 0 Å². The molecule has 7 heteroatoms. The van der Waals surface area contributed by atoms with E-state index in [1.807, 2.05) is 81.4 Å². The van der Waals surface area contributed by atoms with Crippen LogP contribution in [-0.4, -0.2) is 25.5 Å². The van der Waals surface area contributed by atoms with Crippen molar-refractivity contribution in [3.63, 3.8) is 0 Å². The van der Waals surface area contributed by atoms with E-state index in [9.17, 15) is 4.79 Å². The predicted octanol–water partition coefficient (Wildman–Crippen LogP) is 4.52. The number of thioether (sulfide) groups is 1. The van der Waals surface area contributed by atoms with Gasteiger partial charge in [0.05, 0.1) is 0 Å². The lowest BCUT2D eigenvalue weighted by molar-refractivity contribution is -0.115. The number of amides is 1. The molecule has 0 unspecified atom stereocenters. The monoisotopic (exact) mass is 403 g/mol. The molecule has 2 aromatic heterocycles. The van der Waals surface area contributed by atoms with E-state index in [0.29, 0.717) is 10.9 Å². The van der Waals surface area contributed by atoms with Gasteiger partial charge in [-0.15, -0.1) is 5.10 Å². The molecule has 1 amide bonds. The summed E-state index contributed by atoms with van der Waals surface area (Å²) < 4.78 is 1.70. The molecule has 146 valence electrons. The maximum Gasteiger partial charge on any atom is 0.253 e. The number of nitrogens with zero attached hydrogens (tertiary/aromatic N) is 4. The van der Waals surface area contributed by atoms with Crippen molar-refractivity contribution in [1.29, 1.82) is 0 Å². The van der Waals surface area contributed by atoms with Gasteiger partial charge in [0.1, 0.15) is 5.25 Å². The highest BCUT2D eigenvalue weighted by atomic mass is 32.2. The van der Waals surface area contributed by atoms with E-state index < -0.39 is 5.25 Å². The highest BCUT2D eigenvalue weighted by molar-refractivity contribution is 8.00. The van der Waals surface area contributed by atoms with Crippen molar-refractivity contribution < 1.29 is 4.79 Å². The Morgan fingerprint density at radius 1 is 1.00 bits per heavy atom. The number of fused-ring (bicyclic) bond motifs is 1. The summed E-state index contributed by atoms with van der Waals surface area (Å²) in [5.41, 5.74) is 4.63. The van der Waals surface area contributed by atoms with Gasteiger partial charge in [0.25, 0.3) is 5.78 Å². The smallest absolute Gasteiger partial charge is 0.253 e. The Balaban J connectivity index is 1.65. The van der Waals surface area contributed by atoms with Crippen LogP contribution in [-0.2, 0) is 4.79 Å². The maximum absolute atomic E-state index is 13.1. The number of hydrogen-bond donors (Lipinski definition) is 1. The van der Waals surface area contributed by atoms with Crippen LogP contribution < -0.4 is 5.32 Å². The topological polar surface area (TPSA) is 72.2 Å². The van der Waals surface area contributed by atoms with Crippen LogP contribution in [0, 0.1) is 20.8 Å². The number of hydrogen-bond acceptors (Lipinski definition) is 5. The third-order valence-electron chi connectivity index (χ3n) is 4.48. The van der Waals surface area contributed by atoms with Gasteiger partial charge in [-0.25, -0.2) is 9.50 Å². The molecule has 0 fully saturated rings. The van der Waals surface area contributed by atoms with Gasteiger partial charge in [0.15, 0.2) is 0 Å². The quantitative estimate of drug-likeness (QED) is 0.496. The van der Waals surface area contributed by atoms with Gasteiger partial charge in [0, 0.05) is 17.1 Å². The average molecular weight is 404 g/mol. The first kappa shape index (κ1) is 19.1. The Hall–Kier alpha value is -3.19. The largest absolute Gasteiger partial charge is 0.325 e. The molecule has 4 aromatic rings. The zero-order chi connectivity index (χ0) is 20.4. The second-order valence-corrected chi connectivity index (χ2v) is 7.98. The van der Waals surface area contributed by atoms with Crippen LogP contribution in [0.25, 0.3) is 5.78 Å². The van der Waals surface area contributed by atoms with Crippen molar-refractivity contribution in [2.45, 2.75) is 31.2 Å². The molecule has 6 nitrogen and oxygen atoms in total. The van der Waals surface area contributed by atoms with E-state index in [4.69, 9.17) is 0 Å². The van der Waals surface area contributed by atoms with Crippen LogP contribution in [0.2, 0.25) is 0 Å². The molecule has 2 aromatic carbocycles. The van der Waals surface area contributed by atoms with Gasteiger partial charge in [-0.05, 0) is 44.5 Å². The van der Waals surface area contributed by atoms with Gasteiger partial charge in [-0.2, -0.15) is 4.98 Å². The maximum atomic E-state index is 13.1. The lowest BCUT2D eigenvalue weighted by atomic mass is 10.1. The number of nitrogens with one attached hydrogen (secondary N) is 1. The van der Waals surface area contributed by atoms with Crippen molar-refractivity contribution in [1.82, 2.24) is 19.6 Å². The number of rotatable bonds is 5. The lowest BCUT2D eigenvalue weighted by Gasteiger charge is -2.15. The summed E-state index contributed by atoms with van der Waals surface area (Å²) in [6.07, 6.45) is 0. The Morgan fingerprint density at radius 3 is 2.45 bits per heavy atom. The lowest BCUT2D eigenvalue weighted by Crippen LogP contribution is -2.19. The fraction of sp³-hybridized carbons (Fsp3) is 0.182. The van der Waals surface area contributed by atoms with Crippen molar-refractivity contribution in [2.75, 3.05) is 5.32 Å². The van der Waals surface area contributed by atoms with Crippen molar-refractivity contribution in [3.05, 3.63) is 83.2 Å². The minimum atomic E-state index is -0.490. The minimum absolute atomic E-state index is 0.121. The minimum Gasteiger partial charge on any atom is -0.325 e. The Kier molecular flexibility index (Phi) is 5.31. The number of aromatic nitrogens is 4. The molecule has 0 spiro atoms. The van der Waals surface area contributed by atoms with E-state index in [0.717, 1.165) is 28.2 Å². The molecule has 29 heavy (non-hydrogen) atoms. The summed E-state index contributed by atoms with van der Waals surface area (Å²) in [4.78, 5) is 22.1. The summed E-state index contributed by atoms with van der Waals surface area (Å²) in [7, 11) is 0. The van der Waals surface area contributed by atoms with E-state index in [1.165, 1.54) is 11.8 Å². The molecule has 0 radical (unpaired) electrons. The molecule has 0 bridgehead atoms. The molecule has 0 aliphatic carbocycles. The Bertz CT molecular complexity index is 1160. The molecular weight excluding hydrogens is 382 g/mol. The second-order valence-electron chi connectivity index (χ2n) is 6.91. The fourth-order valence-corrected chi connectivity index (χ4v) is 3.98. The normalized spacial score (nSPS) is 12.1. The molecule has 2 heterocycles. The van der Waals surface area contributed by atoms with Crippen LogP contribution in [0.15, 0.2) is 65.8 Å². The summed E-state index contributed by atoms with van der Waals surface area (Å²) in [6.45, 7) is 5.90. The van der Waals surface area contributed by atoms with Gasteiger partial charge in [-0.1, -0.05) is 59.8 Å². The number of carbonyl (C=O) groups excluding carboxylic acids is 1. The summed E-state index contributed by atoms with van der Waals surface area (Å²) in [5.74, 6) is 0.417. The predicted molar refractivity (Wildman–Crippen MR) is 115 cm³/mol. The highest BCUT2D eigenvalue weighted by Crippen LogP contribution is 2.34. The number of carbonyl (C=O) groups is 1. The SMILES string of the molecule is Cc1ccc(NC(=O)[C@@H](Sc2nc3nc(C)cc(C)n3n2)c2ccccc2)cc1. The average Bonchev–Trinajstić information content (AvgIpc) is 3.11. The Labute approximate surface area is 173 Å². The third kappa shape index (κ3) is 4.30. The number of benzene rings is 2. The molecule has 0 saturated heterocycles. The Morgan fingerprint density at radius 2 is 1.72 bits per heavy atom. The molecule has 0 saturated carbocycles. The van der Waals surface area contributed by atoms with Gasteiger partial charge < -0.3 is 5.32 Å².